The van der Waals surface area contributed by atoms with E-state index in [1.807, 2.05) is 17.6 Å². The number of benzene rings is 1. The van der Waals surface area contributed by atoms with E-state index in [0.29, 0.717) is 17.5 Å². The largest absolute Gasteiger partial charge is 0.379 e. The van der Waals surface area contributed by atoms with Crippen LogP contribution in [0.4, 0.5) is 0 Å². The molecular weight excluding hydrogens is 338 g/mol. The van der Waals surface area contributed by atoms with Crippen LogP contribution in [0.3, 0.4) is 0 Å². The fraction of sp³-hybridized carbons (Fsp3) is 0.389. The number of nitrogens with zero attached hydrogens (tertiary/aromatic N) is 2. The monoisotopic (exact) mass is 357 g/mol. The number of amides is 2. The smallest absolute Gasteiger partial charge is 0.258 e. The number of nitrogens with one attached hydrogen (secondary N) is 1. The zero-order chi connectivity index (χ0) is 17.2. The highest BCUT2D eigenvalue weighted by Gasteiger charge is 2.27. The van der Waals surface area contributed by atoms with Crippen molar-refractivity contribution in [1.29, 1.82) is 0 Å². The molecule has 3 aliphatic rings. The third-order valence-corrected chi connectivity index (χ3v) is 5.61. The summed E-state index contributed by atoms with van der Waals surface area (Å²) < 4.78 is 5.31. The standard InChI is InChI=1S/C18H19N3O3S/c22-17(19-4-5-21-6-8-24-9-7-21)12-1-2-13-15(11-12)20-18(23)14-3-10-25-16(13)14/h1-3,10-11,14H,4-9H2,(H,19,22). The molecule has 1 N–H and O–H groups in total. The van der Waals surface area contributed by atoms with Gasteiger partial charge in [0.25, 0.3) is 11.8 Å². The minimum atomic E-state index is -0.245. The van der Waals surface area contributed by atoms with Gasteiger partial charge in [0.05, 0.1) is 24.5 Å². The van der Waals surface area contributed by atoms with E-state index in [2.05, 4.69) is 15.2 Å². The van der Waals surface area contributed by atoms with E-state index in [0.717, 1.165) is 43.0 Å². The first-order valence-electron chi connectivity index (χ1n) is 8.41. The molecule has 1 saturated heterocycles. The number of carbonyl (C=O) groups excluding carboxylic acids is 2. The van der Waals surface area contributed by atoms with E-state index >= 15 is 0 Å². The van der Waals surface area contributed by atoms with Crippen molar-refractivity contribution in [2.24, 2.45) is 10.9 Å². The van der Waals surface area contributed by atoms with E-state index < -0.39 is 0 Å². The van der Waals surface area contributed by atoms with E-state index in [-0.39, 0.29) is 17.7 Å². The minimum Gasteiger partial charge on any atom is -0.379 e. The SMILES string of the molecule is O=C(NCCN1CCOCC1)c1ccc2c(c1)=NC(=O)C1C=CSC=21. The molecule has 6 nitrogen and oxygen atoms in total. The topological polar surface area (TPSA) is 71.0 Å². The first-order valence-corrected chi connectivity index (χ1v) is 9.29. The van der Waals surface area contributed by atoms with Crippen molar-refractivity contribution < 1.29 is 14.3 Å². The van der Waals surface area contributed by atoms with Gasteiger partial charge in [0.2, 0.25) is 0 Å². The normalized spacial score (nSPS) is 22.3. The van der Waals surface area contributed by atoms with Gasteiger partial charge in [0.1, 0.15) is 0 Å². The van der Waals surface area contributed by atoms with Crippen LogP contribution in [0, 0.1) is 5.92 Å². The Morgan fingerprint density at radius 3 is 3.04 bits per heavy atom. The maximum absolute atomic E-state index is 12.4. The molecule has 1 aromatic carbocycles. The zero-order valence-electron chi connectivity index (χ0n) is 13.7. The lowest BCUT2D eigenvalue weighted by Gasteiger charge is -2.26. The maximum Gasteiger partial charge on any atom is 0.258 e. The van der Waals surface area contributed by atoms with Crippen LogP contribution in [0.5, 0.6) is 0 Å². The number of hydrogen-bond donors (Lipinski definition) is 1. The Hall–Kier alpha value is -1.96. The van der Waals surface area contributed by atoms with Crippen molar-refractivity contribution in [3.05, 3.63) is 45.8 Å². The fourth-order valence-electron chi connectivity index (χ4n) is 3.19. The van der Waals surface area contributed by atoms with Gasteiger partial charge in [0, 0.05) is 41.9 Å². The molecule has 1 fully saturated rings. The number of ether oxygens (including phenoxy) is 1. The second-order valence-corrected chi connectivity index (χ2v) is 7.13. The highest BCUT2D eigenvalue weighted by atomic mass is 32.2. The molecule has 7 heteroatoms. The summed E-state index contributed by atoms with van der Waals surface area (Å²) in [5, 5.41) is 6.40. The molecule has 1 atom stereocenters. The molecule has 0 radical (unpaired) electrons. The summed E-state index contributed by atoms with van der Waals surface area (Å²) in [6.45, 7) is 4.71. The van der Waals surface area contributed by atoms with Crippen molar-refractivity contribution in [2.75, 3.05) is 39.4 Å². The lowest BCUT2D eigenvalue weighted by molar-refractivity contribution is -0.119. The van der Waals surface area contributed by atoms with Gasteiger partial charge >= 0.3 is 0 Å². The first kappa shape index (κ1) is 16.5. The van der Waals surface area contributed by atoms with E-state index in [1.54, 1.807) is 23.9 Å². The summed E-state index contributed by atoms with van der Waals surface area (Å²) in [4.78, 5) is 31.9. The fourth-order valence-corrected chi connectivity index (χ4v) is 4.20. The molecule has 130 valence electrons. The molecule has 0 bridgehead atoms. The molecule has 3 heterocycles. The van der Waals surface area contributed by atoms with Crippen LogP contribution in [0.25, 0.3) is 4.91 Å². The second-order valence-electron chi connectivity index (χ2n) is 6.18. The zero-order valence-corrected chi connectivity index (χ0v) is 14.6. The first-order chi connectivity index (χ1) is 12.2. The Labute approximate surface area is 149 Å². The molecular formula is C18H19N3O3S. The highest BCUT2D eigenvalue weighted by molar-refractivity contribution is 8.10. The van der Waals surface area contributed by atoms with Crippen LogP contribution in [0.1, 0.15) is 10.4 Å². The molecule has 4 rings (SSSR count). The van der Waals surface area contributed by atoms with Crippen molar-refractivity contribution in [3.63, 3.8) is 0 Å². The maximum atomic E-state index is 12.4. The molecule has 1 aromatic rings. The van der Waals surface area contributed by atoms with Crippen LogP contribution in [-0.2, 0) is 9.53 Å². The molecule has 25 heavy (non-hydrogen) atoms. The molecule has 0 saturated carbocycles. The van der Waals surface area contributed by atoms with Crippen LogP contribution < -0.4 is 15.9 Å². The summed E-state index contributed by atoms with van der Waals surface area (Å²) in [6.07, 6.45) is 1.88. The molecule has 0 spiro atoms. The van der Waals surface area contributed by atoms with Gasteiger partial charge in [-0.05, 0) is 17.5 Å². The Balaban J connectivity index is 1.46. The predicted molar refractivity (Wildman–Crippen MR) is 95.5 cm³/mol. The van der Waals surface area contributed by atoms with Gasteiger partial charge in [0.15, 0.2) is 0 Å². The van der Waals surface area contributed by atoms with Crippen molar-refractivity contribution in [1.82, 2.24) is 10.2 Å². The van der Waals surface area contributed by atoms with Crippen molar-refractivity contribution >= 4 is 28.5 Å². The van der Waals surface area contributed by atoms with Gasteiger partial charge < -0.3 is 10.1 Å². The van der Waals surface area contributed by atoms with Crippen LogP contribution in [-0.4, -0.2) is 56.1 Å². The number of fused-ring (bicyclic) bond motifs is 2. The van der Waals surface area contributed by atoms with E-state index in [1.165, 1.54) is 0 Å². The highest BCUT2D eigenvalue weighted by Crippen LogP contribution is 2.35. The summed E-state index contributed by atoms with van der Waals surface area (Å²) in [5.41, 5.74) is 0.535. The molecule has 1 unspecified atom stereocenters. The Bertz CT molecular complexity index is 859. The van der Waals surface area contributed by atoms with E-state index in [4.69, 9.17) is 4.74 Å². The number of morpholine rings is 1. The Morgan fingerprint density at radius 1 is 1.36 bits per heavy atom. The number of carbonyl (C=O) groups is 2. The van der Waals surface area contributed by atoms with Gasteiger partial charge in [-0.2, -0.15) is 0 Å². The van der Waals surface area contributed by atoms with Gasteiger partial charge in [-0.3, -0.25) is 14.5 Å². The summed E-state index contributed by atoms with van der Waals surface area (Å²) in [5.74, 6) is -0.539. The van der Waals surface area contributed by atoms with Crippen molar-refractivity contribution in [2.45, 2.75) is 0 Å². The van der Waals surface area contributed by atoms with Gasteiger partial charge in [-0.15, -0.1) is 11.8 Å². The number of hydrogen-bond acceptors (Lipinski definition) is 5. The minimum absolute atomic E-state index is 0.136. The summed E-state index contributed by atoms with van der Waals surface area (Å²) in [6, 6.07) is 5.40. The average Bonchev–Trinajstić information content (AvgIpc) is 3.13. The quantitative estimate of drug-likeness (QED) is 0.814. The molecule has 0 aromatic heterocycles. The predicted octanol–water partition coefficient (Wildman–Crippen LogP) is -0.107. The Morgan fingerprint density at radius 2 is 2.20 bits per heavy atom. The second kappa shape index (κ2) is 7.11. The van der Waals surface area contributed by atoms with Crippen LogP contribution in [0.2, 0.25) is 0 Å². The lowest BCUT2D eigenvalue weighted by atomic mass is 10.0. The third-order valence-electron chi connectivity index (χ3n) is 4.59. The van der Waals surface area contributed by atoms with E-state index in [9.17, 15) is 9.59 Å². The third kappa shape index (κ3) is 3.40. The van der Waals surface area contributed by atoms with Crippen molar-refractivity contribution in [3.8, 4) is 0 Å². The lowest BCUT2D eigenvalue weighted by Crippen LogP contribution is -2.41. The van der Waals surface area contributed by atoms with Gasteiger partial charge in [-0.1, -0.05) is 12.1 Å². The molecule has 3 aliphatic heterocycles. The molecule has 2 amide bonds. The average molecular weight is 357 g/mol. The van der Waals surface area contributed by atoms with Gasteiger partial charge in [-0.25, -0.2) is 4.99 Å². The summed E-state index contributed by atoms with van der Waals surface area (Å²) >= 11 is 1.56. The summed E-state index contributed by atoms with van der Waals surface area (Å²) in [7, 11) is 0. The Kier molecular flexibility index (Phi) is 4.70. The van der Waals surface area contributed by atoms with Crippen LogP contribution in [0.15, 0.2) is 34.7 Å². The van der Waals surface area contributed by atoms with Crippen LogP contribution >= 0.6 is 11.8 Å². The molecule has 0 aliphatic carbocycles. The number of thioether (sulfide) groups is 1. The number of rotatable bonds is 4.